The third-order valence-electron chi connectivity index (χ3n) is 2.15. The summed E-state index contributed by atoms with van der Waals surface area (Å²) < 4.78 is 74.8. The molecule has 0 aliphatic rings. The summed E-state index contributed by atoms with van der Waals surface area (Å²) in [5.41, 5.74) is -1.45. The molecule has 1 rings (SSSR count). The second kappa shape index (κ2) is 4.46. The van der Waals surface area contributed by atoms with Gasteiger partial charge in [-0.2, -0.15) is 22.0 Å². The van der Waals surface area contributed by atoms with E-state index in [1.807, 2.05) is 0 Å². The Kier molecular flexibility index (Phi) is 3.67. The number of halogens is 7. The molecule has 0 saturated heterocycles. The molecule has 0 fully saturated rings. The largest absolute Gasteiger partial charge is 0.461 e. The second-order valence-electron chi connectivity index (χ2n) is 3.45. The molecule has 100 valence electrons. The Labute approximate surface area is 102 Å². The lowest BCUT2D eigenvalue weighted by Gasteiger charge is -2.19. The number of hydrogen-bond acceptors (Lipinski definition) is 1. The van der Waals surface area contributed by atoms with E-state index in [-0.39, 0.29) is 5.56 Å². The average Bonchev–Trinajstić information content (AvgIpc) is 2.22. The van der Waals surface area contributed by atoms with Crippen molar-refractivity contribution in [3.8, 4) is 0 Å². The lowest BCUT2D eigenvalue weighted by molar-refractivity contribution is -0.255. The summed E-state index contributed by atoms with van der Waals surface area (Å²) >= 11 is 5.39. The van der Waals surface area contributed by atoms with Gasteiger partial charge in [0, 0.05) is 0 Å². The molecular weight excluding hydrogens is 286 g/mol. The Morgan fingerprint density at radius 2 is 1.67 bits per heavy atom. The van der Waals surface area contributed by atoms with Crippen LogP contribution in [0.5, 0.6) is 0 Å². The van der Waals surface area contributed by atoms with Gasteiger partial charge in [-0.25, -0.2) is 4.39 Å². The minimum atomic E-state index is -6.11. The molecule has 0 bridgehead atoms. The summed E-state index contributed by atoms with van der Waals surface area (Å²) in [4.78, 5) is 11.1. The highest BCUT2D eigenvalue weighted by atomic mass is 35.5. The third-order valence-corrected chi connectivity index (χ3v) is 2.64. The van der Waals surface area contributed by atoms with Crippen molar-refractivity contribution in [1.82, 2.24) is 0 Å². The molecule has 0 spiro atoms. The maximum absolute atomic E-state index is 13.2. The van der Waals surface area contributed by atoms with Crippen molar-refractivity contribution < 1.29 is 31.1 Å². The van der Waals surface area contributed by atoms with Gasteiger partial charge in [-0.05, 0) is 18.6 Å². The fourth-order valence-electron chi connectivity index (χ4n) is 1.15. The first-order chi connectivity index (χ1) is 8.00. The van der Waals surface area contributed by atoms with E-state index in [1.54, 1.807) is 0 Å². The molecular formula is C10H5ClF6O. The van der Waals surface area contributed by atoms with Gasteiger partial charge >= 0.3 is 12.1 Å². The van der Waals surface area contributed by atoms with Crippen LogP contribution in [0.3, 0.4) is 0 Å². The Morgan fingerprint density at radius 3 is 2.11 bits per heavy atom. The van der Waals surface area contributed by atoms with Crippen molar-refractivity contribution in [2.24, 2.45) is 0 Å². The number of carbonyl (C=O) groups is 1. The van der Waals surface area contributed by atoms with Gasteiger partial charge in [-0.15, -0.1) is 0 Å². The Bertz CT molecular complexity index is 494. The SMILES string of the molecule is Cc1ccc(F)c(C(=O)C(F)(F)C(F)(F)F)c1Cl. The first kappa shape index (κ1) is 14.8. The molecule has 0 saturated carbocycles. The summed E-state index contributed by atoms with van der Waals surface area (Å²) in [7, 11) is 0. The Hall–Kier alpha value is -1.24. The maximum Gasteiger partial charge on any atom is 0.461 e. The van der Waals surface area contributed by atoms with Gasteiger partial charge in [0.25, 0.3) is 0 Å². The number of hydrogen-bond donors (Lipinski definition) is 0. The van der Waals surface area contributed by atoms with Crippen molar-refractivity contribution in [3.05, 3.63) is 34.1 Å². The van der Waals surface area contributed by atoms with Crippen LogP contribution in [0, 0.1) is 12.7 Å². The van der Waals surface area contributed by atoms with Crippen LogP contribution in [0.2, 0.25) is 5.02 Å². The minimum absolute atomic E-state index is 0.0133. The molecule has 0 unspecified atom stereocenters. The van der Waals surface area contributed by atoms with Crippen LogP contribution in [-0.2, 0) is 0 Å². The van der Waals surface area contributed by atoms with Gasteiger partial charge in [-0.1, -0.05) is 17.7 Å². The number of benzene rings is 1. The van der Waals surface area contributed by atoms with E-state index >= 15 is 0 Å². The number of carbonyl (C=O) groups excluding carboxylic acids is 1. The van der Waals surface area contributed by atoms with Crippen LogP contribution in [0.15, 0.2) is 12.1 Å². The summed E-state index contributed by atoms with van der Waals surface area (Å²) in [5, 5.41) is -0.760. The van der Waals surface area contributed by atoms with Gasteiger partial charge in [0.15, 0.2) is 0 Å². The highest BCUT2D eigenvalue weighted by Crippen LogP contribution is 2.40. The first-order valence-corrected chi connectivity index (χ1v) is 4.82. The summed E-state index contributed by atoms with van der Waals surface area (Å²) in [5.74, 6) is -9.92. The summed E-state index contributed by atoms with van der Waals surface area (Å²) in [6, 6.07) is 1.65. The minimum Gasteiger partial charge on any atom is -0.287 e. The predicted molar refractivity (Wildman–Crippen MR) is 51.5 cm³/mol. The zero-order chi connectivity index (χ0) is 14.3. The number of Topliss-reactive ketones (excluding diaryl/α,β-unsaturated/α-hetero) is 1. The van der Waals surface area contributed by atoms with Crippen LogP contribution < -0.4 is 0 Å². The first-order valence-electron chi connectivity index (χ1n) is 4.44. The normalized spacial score (nSPS) is 12.7. The van der Waals surface area contributed by atoms with Crippen LogP contribution in [0.25, 0.3) is 0 Å². The van der Waals surface area contributed by atoms with Crippen LogP contribution in [0.1, 0.15) is 15.9 Å². The summed E-state index contributed by atoms with van der Waals surface area (Å²) in [6.07, 6.45) is -6.11. The van der Waals surface area contributed by atoms with E-state index in [0.717, 1.165) is 6.07 Å². The van der Waals surface area contributed by atoms with Gasteiger partial charge in [0.2, 0.25) is 5.78 Å². The molecule has 1 aromatic carbocycles. The van der Waals surface area contributed by atoms with E-state index in [2.05, 4.69) is 0 Å². The van der Waals surface area contributed by atoms with Crippen molar-refractivity contribution >= 4 is 17.4 Å². The summed E-state index contributed by atoms with van der Waals surface area (Å²) in [6.45, 7) is 1.24. The maximum atomic E-state index is 13.2. The van der Waals surface area contributed by atoms with Crippen molar-refractivity contribution in [3.63, 3.8) is 0 Å². The predicted octanol–water partition coefficient (Wildman–Crippen LogP) is 4.17. The third kappa shape index (κ3) is 2.31. The van der Waals surface area contributed by atoms with E-state index in [4.69, 9.17) is 11.6 Å². The zero-order valence-electron chi connectivity index (χ0n) is 8.71. The molecule has 0 N–H and O–H groups in total. The van der Waals surface area contributed by atoms with Gasteiger partial charge in [-0.3, -0.25) is 4.79 Å². The van der Waals surface area contributed by atoms with Crippen LogP contribution >= 0.6 is 11.6 Å². The van der Waals surface area contributed by atoms with E-state index in [1.165, 1.54) is 6.92 Å². The standard InChI is InChI=1S/C10H5ClF6O/c1-4-2-3-5(12)6(7(4)11)8(18)9(13,14)10(15,16)17/h2-3H,1H3. The quantitative estimate of drug-likeness (QED) is 0.590. The fraction of sp³-hybridized carbons (Fsp3) is 0.300. The lowest BCUT2D eigenvalue weighted by atomic mass is 10.0. The lowest BCUT2D eigenvalue weighted by Crippen LogP contribution is -2.44. The molecule has 0 amide bonds. The molecule has 1 nitrogen and oxygen atoms in total. The van der Waals surface area contributed by atoms with E-state index < -0.39 is 34.3 Å². The Balaban J connectivity index is 3.41. The molecule has 0 aliphatic carbocycles. The van der Waals surface area contributed by atoms with Crippen molar-refractivity contribution in [2.45, 2.75) is 19.0 Å². The van der Waals surface area contributed by atoms with Crippen molar-refractivity contribution in [1.29, 1.82) is 0 Å². The monoisotopic (exact) mass is 290 g/mol. The van der Waals surface area contributed by atoms with E-state index in [0.29, 0.717) is 6.07 Å². The molecule has 0 atom stereocenters. The van der Waals surface area contributed by atoms with Gasteiger partial charge in [0.05, 0.1) is 10.6 Å². The van der Waals surface area contributed by atoms with Crippen LogP contribution in [-0.4, -0.2) is 17.9 Å². The highest BCUT2D eigenvalue weighted by Gasteiger charge is 2.63. The topological polar surface area (TPSA) is 17.1 Å². The second-order valence-corrected chi connectivity index (χ2v) is 3.83. The average molecular weight is 291 g/mol. The number of ketones is 1. The Morgan fingerprint density at radius 1 is 1.17 bits per heavy atom. The number of alkyl halides is 5. The molecule has 0 heterocycles. The molecule has 0 radical (unpaired) electrons. The number of rotatable bonds is 2. The van der Waals surface area contributed by atoms with Crippen molar-refractivity contribution in [2.75, 3.05) is 0 Å². The number of aryl methyl sites for hydroxylation is 1. The highest BCUT2D eigenvalue weighted by molar-refractivity contribution is 6.35. The zero-order valence-corrected chi connectivity index (χ0v) is 9.46. The van der Waals surface area contributed by atoms with Crippen LogP contribution in [0.4, 0.5) is 26.3 Å². The van der Waals surface area contributed by atoms with Gasteiger partial charge in [0.1, 0.15) is 5.82 Å². The molecule has 0 aromatic heterocycles. The molecule has 1 aromatic rings. The van der Waals surface area contributed by atoms with E-state index in [9.17, 15) is 31.1 Å². The fourth-order valence-corrected chi connectivity index (χ4v) is 1.39. The van der Waals surface area contributed by atoms with Gasteiger partial charge < -0.3 is 0 Å². The smallest absolute Gasteiger partial charge is 0.287 e. The molecule has 18 heavy (non-hydrogen) atoms. The molecule has 0 aliphatic heterocycles. The molecule has 8 heteroatoms.